The summed E-state index contributed by atoms with van der Waals surface area (Å²) in [7, 11) is 0. The Bertz CT molecular complexity index is 455. The van der Waals surface area contributed by atoms with E-state index in [-0.39, 0.29) is 23.2 Å². The minimum atomic E-state index is -0.841. The van der Waals surface area contributed by atoms with E-state index in [0.717, 1.165) is 25.7 Å². The summed E-state index contributed by atoms with van der Waals surface area (Å²) in [6.45, 7) is 1.99. The van der Waals surface area contributed by atoms with Gasteiger partial charge in [-0.3, -0.25) is 5.32 Å². The van der Waals surface area contributed by atoms with Gasteiger partial charge in [-0.25, -0.2) is 9.18 Å². The van der Waals surface area contributed by atoms with Crippen LogP contribution in [-0.2, 0) is 9.53 Å². The van der Waals surface area contributed by atoms with Gasteiger partial charge in [-0.15, -0.1) is 0 Å². The van der Waals surface area contributed by atoms with Crippen molar-refractivity contribution in [3.63, 3.8) is 0 Å². The molecule has 1 aliphatic carbocycles. The minimum Gasteiger partial charge on any atom is -0.465 e. The van der Waals surface area contributed by atoms with Crippen molar-refractivity contribution in [1.29, 1.82) is 0 Å². The van der Waals surface area contributed by atoms with Gasteiger partial charge in [-0.2, -0.15) is 0 Å². The number of nitrogens with one attached hydrogen (secondary N) is 1. The van der Waals surface area contributed by atoms with Crippen molar-refractivity contribution in [3.05, 3.63) is 34.6 Å². The molecule has 0 bridgehead atoms. The first-order valence-electron chi connectivity index (χ1n) is 7.00. The minimum absolute atomic E-state index is 0.180. The Labute approximate surface area is 123 Å². The fraction of sp³-hybridized carbons (Fsp3) is 0.533. The van der Waals surface area contributed by atoms with Crippen LogP contribution in [-0.4, -0.2) is 18.6 Å². The Hall–Kier alpha value is -1.13. The maximum absolute atomic E-state index is 14.0. The lowest BCUT2D eigenvalue weighted by Crippen LogP contribution is -2.37. The lowest BCUT2D eigenvalue weighted by atomic mass is 10.0. The van der Waals surface area contributed by atoms with E-state index in [0.29, 0.717) is 0 Å². The standard InChI is InChI=1S/C15H19ClFNO2/c1-2-20-15(19)14(18-10-6-3-4-7-10)13-11(16)8-5-9-12(13)17/h5,8-10,14,18H,2-4,6-7H2,1H3. The number of carbonyl (C=O) groups is 1. The van der Waals surface area contributed by atoms with Gasteiger partial charge in [0.2, 0.25) is 0 Å². The maximum atomic E-state index is 14.0. The van der Waals surface area contributed by atoms with Crippen molar-refractivity contribution >= 4 is 17.6 Å². The van der Waals surface area contributed by atoms with Gasteiger partial charge in [-0.05, 0) is 31.9 Å². The Morgan fingerprint density at radius 2 is 2.20 bits per heavy atom. The van der Waals surface area contributed by atoms with E-state index in [1.54, 1.807) is 13.0 Å². The predicted molar refractivity (Wildman–Crippen MR) is 76.2 cm³/mol. The number of carbonyl (C=O) groups excluding carboxylic acids is 1. The highest BCUT2D eigenvalue weighted by atomic mass is 35.5. The monoisotopic (exact) mass is 299 g/mol. The highest BCUT2D eigenvalue weighted by Crippen LogP contribution is 2.29. The summed E-state index contributed by atoms with van der Waals surface area (Å²) in [5, 5.41) is 3.44. The molecule has 0 aliphatic heterocycles. The van der Waals surface area contributed by atoms with E-state index >= 15 is 0 Å². The molecule has 0 radical (unpaired) electrons. The third-order valence-electron chi connectivity index (χ3n) is 3.57. The largest absolute Gasteiger partial charge is 0.465 e. The average molecular weight is 300 g/mol. The number of halogens is 2. The van der Waals surface area contributed by atoms with Crippen LogP contribution in [0.2, 0.25) is 5.02 Å². The lowest BCUT2D eigenvalue weighted by molar-refractivity contribution is -0.146. The topological polar surface area (TPSA) is 38.3 Å². The van der Waals surface area contributed by atoms with Crippen molar-refractivity contribution in [1.82, 2.24) is 5.32 Å². The molecule has 3 nitrogen and oxygen atoms in total. The fourth-order valence-electron chi connectivity index (χ4n) is 2.61. The van der Waals surface area contributed by atoms with Crippen LogP contribution in [0.3, 0.4) is 0 Å². The highest BCUT2D eigenvalue weighted by Gasteiger charge is 2.30. The lowest BCUT2D eigenvalue weighted by Gasteiger charge is -2.23. The van der Waals surface area contributed by atoms with E-state index in [1.807, 2.05) is 0 Å². The fourth-order valence-corrected chi connectivity index (χ4v) is 2.88. The van der Waals surface area contributed by atoms with E-state index in [4.69, 9.17) is 16.3 Å². The first-order chi connectivity index (χ1) is 9.63. The second-order valence-electron chi connectivity index (χ2n) is 4.97. The molecule has 0 saturated heterocycles. The summed E-state index contributed by atoms with van der Waals surface area (Å²) >= 11 is 6.07. The Kier molecular flexibility index (Phi) is 5.38. The normalized spacial score (nSPS) is 17.1. The van der Waals surface area contributed by atoms with Gasteiger partial charge in [0, 0.05) is 16.6 Å². The summed E-state index contributed by atoms with van der Waals surface area (Å²) in [6.07, 6.45) is 4.22. The van der Waals surface area contributed by atoms with Crippen molar-refractivity contribution in [2.75, 3.05) is 6.61 Å². The quantitative estimate of drug-likeness (QED) is 0.844. The van der Waals surface area contributed by atoms with Crippen LogP contribution in [0.25, 0.3) is 0 Å². The third-order valence-corrected chi connectivity index (χ3v) is 3.90. The van der Waals surface area contributed by atoms with E-state index < -0.39 is 17.8 Å². The third kappa shape index (κ3) is 3.49. The number of esters is 1. The van der Waals surface area contributed by atoms with Crippen LogP contribution < -0.4 is 5.32 Å². The van der Waals surface area contributed by atoms with E-state index in [2.05, 4.69) is 5.32 Å². The van der Waals surface area contributed by atoms with Crippen molar-refractivity contribution < 1.29 is 13.9 Å². The zero-order chi connectivity index (χ0) is 14.5. The molecule has 2 rings (SSSR count). The van der Waals surface area contributed by atoms with E-state index in [1.165, 1.54) is 12.1 Å². The van der Waals surface area contributed by atoms with Gasteiger partial charge < -0.3 is 4.74 Å². The van der Waals surface area contributed by atoms with Crippen LogP contribution >= 0.6 is 11.6 Å². The predicted octanol–water partition coefficient (Wildman–Crippen LogP) is 3.62. The molecule has 0 aromatic heterocycles. The highest BCUT2D eigenvalue weighted by molar-refractivity contribution is 6.31. The SMILES string of the molecule is CCOC(=O)C(NC1CCCC1)c1c(F)cccc1Cl. The maximum Gasteiger partial charge on any atom is 0.327 e. The molecule has 0 spiro atoms. The van der Waals surface area contributed by atoms with E-state index in [9.17, 15) is 9.18 Å². The van der Waals surface area contributed by atoms with Crippen LogP contribution in [0.4, 0.5) is 4.39 Å². The van der Waals surface area contributed by atoms with Crippen LogP contribution in [0.5, 0.6) is 0 Å². The second kappa shape index (κ2) is 7.04. The summed E-state index contributed by atoms with van der Waals surface area (Å²) in [5.74, 6) is -0.965. The molecule has 20 heavy (non-hydrogen) atoms. The summed E-state index contributed by atoms with van der Waals surface area (Å²) in [5.41, 5.74) is 0.180. The molecule has 1 aromatic rings. The number of benzene rings is 1. The molecule has 0 amide bonds. The molecule has 1 unspecified atom stereocenters. The molecule has 1 aliphatic rings. The molecule has 1 aromatic carbocycles. The molecular formula is C15H19ClFNO2. The van der Waals surface area contributed by atoms with Gasteiger partial charge in [0.05, 0.1) is 6.61 Å². The summed E-state index contributed by atoms with van der Waals surface area (Å²) in [6, 6.07) is 3.79. The van der Waals surface area contributed by atoms with Crippen LogP contribution in [0.15, 0.2) is 18.2 Å². The summed E-state index contributed by atoms with van der Waals surface area (Å²) in [4.78, 5) is 12.1. The Morgan fingerprint density at radius 1 is 1.50 bits per heavy atom. The molecule has 110 valence electrons. The van der Waals surface area contributed by atoms with Crippen molar-refractivity contribution in [2.24, 2.45) is 0 Å². The zero-order valence-electron chi connectivity index (χ0n) is 11.5. The molecule has 1 atom stereocenters. The van der Waals surface area contributed by atoms with Gasteiger partial charge in [0.15, 0.2) is 0 Å². The Morgan fingerprint density at radius 3 is 2.80 bits per heavy atom. The first kappa shape index (κ1) is 15.3. The van der Waals surface area contributed by atoms with Crippen LogP contribution in [0.1, 0.15) is 44.2 Å². The Balaban J connectivity index is 2.27. The zero-order valence-corrected chi connectivity index (χ0v) is 12.3. The second-order valence-corrected chi connectivity index (χ2v) is 5.38. The molecular weight excluding hydrogens is 281 g/mol. The smallest absolute Gasteiger partial charge is 0.327 e. The summed E-state index contributed by atoms with van der Waals surface area (Å²) < 4.78 is 19.1. The number of rotatable bonds is 5. The molecule has 1 fully saturated rings. The number of hydrogen-bond acceptors (Lipinski definition) is 3. The van der Waals surface area contributed by atoms with Crippen LogP contribution in [0, 0.1) is 5.82 Å². The van der Waals surface area contributed by atoms with Crippen molar-refractivity contribution in [3.8, 4) is 0 Å². The van der Waals surface area contributed by atoms with Gasteiger partial charge in [0.1, 0.15) is 11.9 Å². The average Bonchev–Trinajstić information content (AvgIpc) is 2.90. The molecule has 1 saturated carbocycles. The van der Waals surface area contributed by atoms with Gasteiger partial charge in [-0.1, -0.05) is 30.5 Å². The van der Waals surface area contributed by atoms with Gasteiger partial charge >= 0.3 is 5.97 Å². The first-order valence-corrected chi connectivity index (χ1v) is 7.38. The number of ether oxygens (including phenoxy) is 1. The van der Waals surface area contributed by atoms with Gasteiger partial charge in [0.25, 0.3) is 0 Å². The molecule has 1 N–H and O–H groups in total. The van der Waals surface area contributed by atoms with Crippen molar-refractivity contribution in [2.45, 2.75) is 44.7 Å². The molecule has 5 heteroatoms. The molecule has 0 heterocycles. The number of hydrogen-bond donors (Lipinski definition) is 1.